The Morgan fingerprint density at radius 1 is 0.432 bits per heavy atom. The maximum atomic E-state index is 9.55. The zero-order chi connectivity index (χ0) is 29.4. The van der Waals surface area contributed by atoms with Crippen molar-refractivity contribution in [2.45, 2.75) is 0 Å². The summed E-state index contributed by atoms with van der Waals surface area (Å²) in [7, 11) is 0. The first-order valence-corrected chi connectivity index (χ1v) is 14.2. The minimum Gasteiger partial charge on any atom is -0.309 e. The summed E-state index contributed by atoms with van der Waals surface area (Å²) in [5, 5.41) is 23.3. The number of fused-ring (bicyclic) bond motifs is 9. The Morgan fingerprint density at radius 3 is 1.32 bits per heavy atom. The zero-order valence-corrected chi connectivity index (χ0v) is 23.2. The second kappa shape index (κ2) is 9.00. The average molecular weight is 565 g/mol. The molecule has 6 nitrogen and oxygen atoms in total. The molecule has 0 saturated carbocycles. The van der Waals surface area contributed by atoms with Crippen LogP contribution in [0.5, 0.6) is 11.5 Å². The van der Waals surface area contributed by atoms with Gasteiger partial charge in [-0.1, -0.05) is 36.4 Å². The molecule has 0 unspecified atom stereocenters. The van der Waals surface area contributed by atoms with Crippen molar-refractivity contribution in [2.24, 2.45) is 0 Å². The van der Waals surface area contributed by atoms with E-state index in [2.05, 4.69) is 57.7 Å². The second-order valence-corrected chi connectivity index (χ2v) is 10.9. The topological polar surface area (TPSA) is 75.9 Å². The monoisotopic (exact) mass is 564 g/mol. The molecule has 1 aliphatic heterocycles. The largest absolute Gasteiger partial charge is 0.309 e. The molecule has 8 aromatic rings. The van der Waals surface area contributed by atoms with Gasteiger partial charge in [-0.3, -0.25) is 9.78 Å². The molecule has 0 fully saturated rings. The van der Waals surface area contributed by atoms with Gasteiger partial charge in [0.05, 0.1) is 45.3 Å². The lowest BCUT2D eigenvalue weighted by Gasteiger charge is -2.21. The maximum Gasteiger partial charge on any atom is 0.186 e. The summed E-state index contributed by atoms with van der Waals surface area (Å²) in [5.41, 5.74) is 9.20. The molecule has 0 N–H and O–H groups in total. The van der Waals surface area contributed by atoms with Crippen LogP contribution in [0.15, 0.2) is 121 Å². The summed E-state index contributed by atoms with van der Waals surface area (Å²) >= 11 is 0. The maximum absolute atomic E-state index is 9.55. The summed E-state index contributed by atoms with van der Waals surface area (Å²) in [6.45, 7) is 0. The number of hydrogen-bond donors (Lipinski definition) is 0. The summed E-state index contributed by atoms with van der Waals surface area (Å²) in [6, 6.07) is 44.9. The number of benzene rings is 6. The van der Waals surface area contributed by atoms with Crippen LogP contribution in [-0.4, -0.2) is 9.13 Å². The molecule has 0 aliphatic carbocycles. The van der Waals surface area contributed by atoms with E-state index < -0.39 is 0 Å². The molecule has 6 heteroatoms. The first kappa shape index (κ1) is 24.1. The van der Waals surface area contributed by atoms with Crippen molar-refractivity contribution < 1.29 is 9.78 Å². The number of aromatic nitrogens is 2. The van der Waals surface area contributed by atoms with E-state index in [-0.39, 0.29) is 0 Å². The molecule has 0 spiro atoms. The summed E-state index contributed by atoms with van der Waals surface area (Å²) in [5.74, 6) is 1.26. The van der Waals surface area contributed by atoms with Gasteiger partial charge in [-0.05, 0) is 84.9 Å². The van der Waals surface area contributed by atoms with Gasteiger partial charge < -0.3 is 9.13 Å². The number of nitriles is 2. The van der Waals surface area contributed by atoms with E-state index in [1.807, 2.05) is 84.9 Å². The summed E-state index contributed by atoms with van der Waals surface area (Å²) in [6.07, 6.45) is 0. The predicted octanol–water partition coefficient (Wildman–Crippen LogP) is 8.98. The van der Waals surface area contributed by atoms with Crippen LogP contribution in [-0.2, 0) is 0 Å². The van der Waals surface area contributed by atoms with Crippen molar-refractivity contribution in [1.82, 2.24) is 9.13 Å². The van der Waals surface area contributed by atoms with Crippen LogP contribution in [0.2, 0.25) is 0 Å². The van der Waals surface area contributed by atoms with Crippen LogP contribution in [0, 0.1) is 22.7 Å². The third-order valence-electron chi connectivity index (χ3n) is 8.56. The van der Waals surface area contributed by atoms with E-state index in [1.165, 1.54) is 0 Å². The molecular weight excluding hydrogens is 544 g/mol. The summed E-state index contributed by atoms with van der Waals surface area (Å²) < 4.78 is 4.45. The van der Waals surface area contributed by atoms with Crippen molar-refractivity contribution in [1.29, 1.82) is 10.5 Å². The van der Waals surface area contributed by atoms with Gasteiger partial charge in [-0.25, -0.2) is 0 Å². The van der Waals surface area contributed by atoms with E-state index >= 15 is 0 Å². The molecular formula is C38H20N4O2. The highest BCUT2D eigenvalue weighted by Gasteiger charge is 2.23. The standard InChI is InChI=1S/C38H20N4O2/c39-21-23-9-13-35-29(17-23)27-5-1-3-7-33(27)41(35)25-11-15-37-31(19-25)32-20-26(12-16-38(32)44-43-37)42-34-8-4-2-6-28(34)30-18-24(22-40)10-14-36(30)42/h1-20H. The smallest absolute Gasteiger partial charge is 0.186 e. The van der Waals surface area contributed by atoms with Crippen molar-refractivity contribution in [3.05, 3.63) is 132 Å². The van der Waals surface area contributed by atoms with E-state index in [1.54, 1.807) is 0 Å². The molecule has 9 rings (SSSR count). The molecule has 0 saturated heterocycles. The van der Waals surface area contributed by atoms with Gasteiger partial charge in [0.15, 0.2) is 11.5 Å². The van der Waals surface area contributed by atoms with E-state index in [4.69, 9.17) is 9.78 Å². The molecule has 2 aromatic heterocycles. The first-order chi connectivity index (χ1) is 21.7. The van der Waals surface area contributed by atoms with E-state index in [0.29, 0.717) is 22.6 Å². The van der Waals surface area contributed by atoms with Gasteiger partial charge >= 0.3 is 0 Å². The second-order valence-electron chi connectivity index (χ2n) is 10.9. The van der Waals surface area contributed by atoms with Crippen LogP contribution in [0.1, 0.15) is 11.1 Å². The van der Waals surface area contributed by atoms with Gasteiger partial charge in [0.25, 0.3) is 0 Å². The lowest BCUT2D eigenvalue weighted by Crippen LogP contribution is -2.09. The fourth-order valence-corrected chi connectivity index (χ4v) is 6.61. The highest BCUT2D eigenvalue weighted by atomic mass is 17.2. The molecule has 1 aliphatic rings. The highest BCUT2D eigenvalue weighted by molar-refractivity contribution is 6.11. The van der Waals surface area contributed by atoms with Crippen LogP contribution in [0.25, 0.3) is 66.1 Å². The van der Waals surface area contributed by atoms with E-state index in [0.717, 1.165) is 66.1 Å². The first-order valence-electron chi connectivity index (χ1n) is 14.2. The fraction of sp³-hybridized carbons (Fsp3) is 0. The lowest BCUT2D eigenvalue weighted by molar-refractivity contribution is -0.102. The average Bonchev–Trinajstić information content (AvgIpc) is 3.59. The number of nitrogens with zero attached hydrogens (tertiary/aromatic N) is 4. The van der Waals surface area contributed by atoms with Crippen LogP contribution < -0.4 is 9.78 Å². The predicted molar refractivity (Wildman–Crippen MR) is 171 cm³/mol. The normalized spacial score (nSPS) is 12.0. The molecule has 6 aromatic carbocycles. The lowest BCUT2D eigenvalue weighted by atomic mass is 10.0. The Labute approximate surface area is 251 Å². The van der Waals surface area contributed by atoms with Gasteiger partial charge in [0.2, 0.25) is 0 Å². The molecule has 0 bridgehead atoms. The van der Waals surface area contributed by atoms with Crippen molar-refractivity contribution >= 4 is 43.6 Å². The molecule has 3 heterocycles. The molecule has 204 valence electrons. The number of rotatable bonds is 2. The Morgan fingerprint density at radius 2 is 0.864 bits per heavy atom. The third-order valence-corrected chi connectivity index (χ3v) is 8.56. The van der Waals surface area contributed by atoms with Gasteiger partial charge in [-0.15, -0.1) is 0 Å². The highest BCUT2D eigenvalue weighted by Crippen LogP contribution is 2.45. The zero-order valence-electron chi connectivity index (χ0n) is 23.2. The molecule has 44 heavy (non-hydrogen) atoms. The van der Waals surface area contributed by atoms with Crippen LogP contribution >= 0.6 is 0 Å². The number of para-hydroxylation sites is 2. The minimum absolute atomic E-state index is 0.631. The quantitative estimate of drug-likeness (QED) is 0.196. The van der Waals surface area contributed by atoms with Crippen LogP contribution in [0.3, 0.4) is 0 Å². The van der Waals surface area contributed by atoms with Gasteiger partial charge in [-0.2, -0.15) is 10.5 Å². The van der Waals surface area contributed by atoms with Crippen molar-refractivity contribution in [2.75, 3.05) is 0 Å². The molecule has 0 atom stereocenters. The molecule has 0 amide bonds. The Bertz CT molecular complexity index is 2410. The Hall–Kier alpha value is -6.50. The Kier molecular flexibility index (Phi) is 4.93. The third kappa shape index (κ3) is 3.34. The van der Waals surface area contributed by atoms with E-state index in [9.17, 15) is 10.5 Å². The molecule has 0 radical (unpaired) electrons. The Balaban J connectivity index is 1.27. The minimum atomic E-state index is 0.631. The number of hydrogen-bond acceptors (Lipinski definition) is 4. The summed E-state index contributed by atoms with van der Waals surface area (Å²) in [4.78, 5) is 11.5. The van der Waals surface area contributed by atoms with Gasteiger partial charge in [0.1, 0.15) is 0 Å². The fourth-order valence-electron chi connectivity index (χ4n) is 6.61. The van der Waals surface area contributed by atoms with Crippen molar-refractivity contribution in [3.63, 3.8) is 0 Å². The van der Waals surface area contributed by atoms with Crippen LogP contribution in [0.4, 0.5) is 0 Å². The van der Waals surface area contributed by atoms with Crippen molar-refractivity contribution in [3.8, 4) is 46.1 Å². The van der Waals surface area contributed by atoms with Gasteiger partial charge in [0, 0.05) is 44.0 Å². The SMILES string of the molecule is N#Cc1ccc2c(c1)c1ccccc1n2-c1ccc2c(c1)-c1cc(-n3c4ccccc4c4cc(C#N)ccc43)ccc1OO2.